The number of rotatable bonds is 11. The lowest BCUT2D eigenvalue weighted by Crippen LogP contribution is -2.39. The number of carbonyl (C=O) groups is 1. The summed E-state index contributed by atoms with van der Waals surface area (Å²) in [5, 5.41) is 14.3. The molecule has 3 N–H and O–H groups in total. The number of nitrogens with one attached hydrogen (secondary N) is 2. The van der Waals surface area contributed by atoms with E-state index >= 15 is 0 Å². The Morgan fingerprint density at radius 1 is 1.00 bits per heavy atom. The number of fused-ring (bicyclic) bond motifs is 4. The maximum absolute atomic E-state index is 13.8. The normalized spacial score (nSPS) is 13.1. The highest BCUT2D eigenvalue weighted by Gasteiger charge is 2.25. The first-order valence-electron chi connectivity index (χ1n) is 13.6. The molecule has 8 nitrogen and oxygen atoms in total. The molecule has 0 bridgehead atoms. The smallest absolute Gasteiger partial charge is 0.255 e. The van der Waals surface area contributed by atoms with Crippen molar-refractivity contribution in [2.75, 3.05) is 48.1 Å². The average Bonchev–Trinajstić information content (AvgIpc) is 3.37. The third-order valence-electron chi connectivity index (χ3n) is 7.51. The van der Waals surface area contributed by atoms with Gasteiger partial charge in [0.1, 0.15) is 12.4 Å². The van der Waals surface area contributed by atoms with Crippen LogP contribution in [0.15, 0.2) is 54.7 Å². The number of methoxy groups -OCH3 is 2. The van der Waals surface area contributed by atoms with Crippen LogP contribution in [0.25, 0.3) is 22.0 Å². The number of carbonyl (C=O) groups excluding carboxylic acids is 1. The molecule has 1 aliphatic carbocycles. The number of aryl methyl sites for hydroxylation is 2. The van der Waals surface area contributed by atoms with Gasteiger partial charge in [-0.25, -0.2) is 0 Å². The number of aliphatic hydroxyl groups is 1. The van der Waals surface area contributed by atoms with Crippen molar-refractivity contribution in [1.82, 2.24) is 15.2 Å². The van der Waals surface area contributed by atoms with E-state index in [4.69, 9.17) is 14.2 Å². The first-order chi connectivity index (χ1) is 19.4. The Labute approximate surface area is 234 Å². The lowest BCUT2D eigenvalue weighted by Gasteiger charge is -2.25. The molecule has 0 fully saturated rings. The fraction of sp³-hybridized carbons (Fsp3) is 0.344. The number of benzene rings is 3. The summed E-state index contributed by atoms with van der Waals surface area (Å²) in [4.78, 5) is 19.1. The van der Waals surface area contributed by atoms with Crippen LogP contribution in [-0.4, -0.2) is 75.0 Å². The Balaban J connectivity index is 1.48. The summed E-state index contributed by atoms with van der Waals surface area (Å²) in [6, 6.07) is 15.5. The molecular formula is C32H37N3O5. The second-order valence-electron chi connectivity index (χ2n) is 10.4. The van der Waals surface area contributed by atoms with Crippen molar-refractivity contribution in [2.45, 2.75) is 25.3 Å². The molecular weight excluding hydrogens is 506 g/mol. The minimum Gasteiger partial charge on any atom is -0.493 e. The van der Waals surface area contributed by atoms with Crippen molar-refractivity contribution in [3.05, 3.63) is 77.0 Å². The number of aliphatic hydroxyl groups excluding tert-OH is 1. The highest BCUT2D eigenvalue weighted by Crippen LogP contribution is 2.42. The van der Waals surface area contributed by atoms with Gasteiger partial charge in [0, 0.05) is 23.6 Å². The van der Waals surface area contributed by atoms with Crippen molar-refractivity contribution in [2.24, 2.45) is 0 Å². The average molecular weight is 544 g/mol. The van der Waals surface area contributed by atoms with Crippen molar-refractivity contribution in [3.8, 4) is 28.4 Å². The molecule has 4 aromatic rings. The van der Waals surface area contributed by atoms with E-state index in [9.17, 15) is 9.90 Å². The van der Waals surface area contributed by atoms with Crippen molar-refractivity contribution < 1.29 is 24.1 Å². The monoisotopic (exact) mass is 543 g/mol. The standard InChI is InChI=1S/C32H37N3O5/c1-35(2)11-12-40-29-14-20-9-10-21-15-30(38-3)31(39-4)17-26(21)25(20)16-27(29)32(37)34-23(19-36)13-22-18-33-28-8-6-5-7-24(22)28/h5-8,14-18,23,33,36H,9-13,19H2,1-4H3,(H,34,37)/t23-/m1/s1. The number of hydrogen-bond acceptors (Lipinski definition) is 6. The Bertz CT molecular complexity index is 1510. The van der Waals surface area contributed by atoms with Gasteiger partial charge in [-0.1, -0.05) is 18.2 Å². The van der Waals surface area contributed by atoms with Crippen LogP contribution in [-0.2, 0) is 19.3 Å². The minimum atomic E-state index is -0.464. The lowest BCUT2D eigenvalue weighted by atomic mass is 9.84. The molecule has 1 heterocycles. The molecule has 1 atom stereocenters. The van der Waals surface area contributed by atoms with Gasteiger partial charge in [-0.3, -0.25) is 4.79 Å². The van der Waals surface area contributed by atoms with Crippen LogP contribution in [0.3, 0.4) is 0 Å². The third kappa shape index (κ3) is 5.64. The number of hydrogen-bond donors (Lipinski definition) is 3. The molecule has 0 saturated heterocycles. The molecule has 5 rings (SSSR count). The molecule has 3 aromatic carbocycles. The van der Waals surface area contributed by atoms with E-state index in [0.717, 1.165) is 58.1 Å². The molecule has 0 spiro atoms. The fourth-order valence-electron chi connectivity index (χ4n) is 5.35. The Morgan fingerprint density at radius 2 is 1.68 bits per heavy atom. The van der Waals surface area contributed by atoms with Crippen LogP contribution in [0, 0.1) is 0 Å². The largest absolute Gasteiger partial charge is 0.493 e. The van der Waals surface area contributed by atoms with Crippen molar-refractivity contribution in [1.29, 1.82) is 0 Å². The molecule has 1 aromatic heterocycles. The highest BCUT2D eigenvalue weighted by atomic mass is 16.5. The number of para-hydroxylation sites is 1. The lowest BCUT2D eigenvalue weighted by molar-refractivity contribution is 0.0912. The van der Waals surface area contributed by atoms with E-state index in [2.05, 4.69) is 10.3 Å². The Hall–Kier alpha value is -4.01. The van der Waals surface area contributed by atoms with E-state index in [1.807, 2.05) is 73.7 Å². The number of likely N-dealkylation sites (N-methyl/N-ethyl adjacent to an activating group) is 1. The maximum Gasteiger partial charge on any atom is 0.255 e. The van der Waals surface area contributed by atoms with Crippen LogP contribution in [0.5, 0.6) is 17.2 Å². The Kier molecular flexibility index (Phi) is 8.28. The van der Waals surface area contributed by atoms with Crippen molar-refractivity contribution in [3.63, 3.8) is 0 Å². The van der Waals surface area contributed by atoms with Crippen LogP contribution in [0.2, 0.25) is 0 Å². The van der Waals surface area contributed by atoms with Crippen LogP contribution < -0.4 is 19.5 Å². The van der Waals surface area contributed by atoms with Crippen LogP contribution >= 0.6 is 0 Å². The molecule has 1 aliphatic rings. The molecule has 0 saturated carbocycles. The van der Waals surface area contributed by atoms with Gasteiger partial charge in [-0.05, 0) is 91.5 Å². The summed E-state index contributed by atoms with van der Waals surface area (Å²) >= 11 is 0. The predicted octanol–water partition coefficient (Wildman–Crippen LogP) is 4.22. The number of aromatic amines is 1. The third-order valence-corrected chi connectivity index (χ3v) is 7.51. The van der Waals surface area contributed by atoms with E-state index < -0.39 is 6.04 Å². The quantitative estimate of drug-likeness (QED) is 0.262. The molecule has 40 heavy (non-hydrogen) atoms. The zero-order valence-electron chi connectivity index (χ0n) is 23.5. The fourth-order valence-corrected chi connectivity index (χ4v) is 5.35. The molecule has 0 aliphatic heterocycles. The van der Waals surface area contributed by atoms with Gasteiger partial charge in [-0.15, -0.1) is 0 Å². The van der Waals surface area contributed by atoms with Gasteiger partial charge in [0.2, 0.25) is 0 Å². The summed E-state index contributed by atoms with van der Waals surface area (Å²) in [6.45, 7) is 0.983. The maximum atomic E-state index is 13.8. The summed E-state index contributed by atoms with van der Waals surface area (Å²) in [5.41, 5.74) is 6.77. The van der Waals surface area contributed by atoms with Gasteiger partial charge >= 0.3 is 0 Å². The summed E-state index contributed by atoms with van der Waals surface area (Å²) in [6.07, 6.45) is 4.10. The molecule has 0 unspecified atom stereocenters. The molecule has 8 heteroatoms. The number of nitrogens with zero attached hydrogens (tertiary/aromatic N) is 1. The van der Waals surface area contributed by atoms with Gasteiger partial charge in [0.15, 0.2) is 11.5 Å². The van der Waals surface area contributed by atoms with Crippen molar-refractivity contribution >= 4 is 16.8 Å². The second kappa shape index (κ2) is 12.0. The van der Waals surface area contributed by atoms with E-state index in [0.29, 0.717) is 35.8 Å². The number of aromatic nitrogens is 1. The molecule has 210 valence electrons. The van der Waals surface area contributed by atoms with Gasteiger partial charge < -0.3 is 34.5 Å². The second-order valence-corrected chi connectivity index (χ2v) is 10.4. The number of H-pyrrole nitrogens is 1. The zero-order valence-corrected chi connectivity index (χ0v) is 23.5. The van der Waals surface area contributed by atoms with E-state index in [1.165, 1.54) is 0 Å². The summed E-state index contributed by atoms with van der Waals surface area (Å²) in [5.74, 6) is 1.60. The first kappa shape index (κ1) is 27.6. The topological polar surface area (TPSA) is 96.1 Å². The van der Waals surface area contributed by atoms with Gasteiger partial charge in [0.25, 0.3) is 5.91 Å². The predicted molar refractivity (Wildman–Crippen MR) is 157 cm³/mol. The highest BCUT2D eigenvalue weighted by molar-refractivity contribution is 5.99. The number of amides is 1. The SMILES string of the molecule is COc1cc2c(cc1OC)-c1cc(C(=O)N[C@@H](CO)Cc3c[nH]c4ccccc34)c(OCCN(C)C)cc1CC2. The number of ether oxygens (including phenoxy) is 3. The molecule has 0 radical (unpaired) electrons. The minimum absolute atomic E-state index is 0.188. The van der Waals surface area contributed by atoms with E-state index in [1.54, 1.807) is 14.2 Å². The van der Waals surface area contributed by atoms with Crippen LogP contribution in [0.4, 0.5) is 0 Å². The zero-order chi connectivity index (χ0) is 28.2. The Morgan fingerprint density at radius 3 is 2.38 bits per heavy atom. The van der Waals surface area contributed by atoms with Gasteiger partial charge in [0.05, 0.1) is 32.4 Å². The molecule has 1 amide bonds. The van der Waals surface area contributed by atoms with Gasteiger partial charge in [-0.2, -0.15) is 0 Å². The summed E-state index contributed by atoms with van der Waals surface area (Å²) < 4.78 is 17.3. The van der Waals surface area contributed by atoms with Crippen LogP contribution in [0.1, 0.15) is 27.0 Å². The first-order valence-corrected chi connectivity index (χ1v) is 13.6. The van der Waals surface area contributed by atoms with E-state index in [-0.39, 0.29) is 12.5 Å². The summed E-state index contributed by atoms with van der Waals surface area (Å²) in [7, 11) is 7.23.